The molecule has 4 heterocycles. The molecule has 188 valence electrons. The highest BCUT2D eigenvalue weighted by Gasteiger charge is 2.54. The molecular weight excluding hydrogens is 482 g/mol. The first-order valence-electron chi connectivity index (χ1n) is 11.6. The van der Waals surface area contributed by atoms with Crippen LogP contribution in [0.4, 0.5) is 21.2 Å². The average Bonchev–Trinajstić information content (AvgIpc) is 3.08. The molecule has 3 fully saturated rings. The maximum atomic E-state index is 12.5. The Morgan fingerprint density at radius 3 is 2.61 bits per heavy atom. The summed E-state index contributed by atoms with van der Waals surface area (Å²) >= 11 is 0.843. The van der Waals surface area contributed by atoms with Crippen molar-refractivity contribution in [3.63, 3.8) is 0 Å². The van der Waals surface area contributed by atoms with E-state index >= 15 is 0 Å². The SMILES string of the molecule is CN(C)CCOc1cc(/C=C2/SC(=O)NC2=O)nc(N2CC3(CN(C(=O)Nc4ccccc4)C3)C2)n1. The van der Waals surface area contributed by atoms with Crippen LogP contribution in [0.15, 0.2) is 41.3 Å². The topological polar surface area (TPSA) is 120 Å². The summed E-state index contributed by atoms with van der Waals surface area (Å²) in [5.41, 5.74) is 1.28. The minimum absolute atomic E-state index is 0.0193. The fraction of sp³-hybridized carbons (Fsp3) is 0.375. The number of urea groups is 1. The maximum absolute atomic E-state index is 12.5. The van der Waals surface area contributed by atoms with Gasteiger partial charge in [0.05, 0.1) is 10.6 Å². The molecule has 3 aliphatic heterocycles. The lowest BCUT2D eigenvalue weighted by Gasteiger charge is -2.59. The smallest absolute Gasteiger partial charge is 0.321 e. The van der Waals surface area contributed by atoms with Gasteiger partial charge < -0.3 is 24.8 Å². The number of likely N-dealkylation sites (N-methyl/N-ethyl adjacent to an activating group) is 1. The molecular formula is C24H27N7O4S. The third-order valence-corrected chi connectivity index (χ3v) is 6.93. The summed E-state index contributed by atoms with van der Waals surface area (Å²) in [4.78, 5) is 51.3. The Morgan fingerprint density at radius 1 is 1.19 bits per heavy atom. The van der Waals surface area contributed by atoms with Crippen molar-refractivity contribution in [3.8, 4) is 5.88 Å². The largest absolute Gasteiger partial charge is 0.476 e. The van der Waals surface area contributed by atoms with Gasteiger partial charge in [-0.05, 0) is 44.1 Å². The Bertz CT molecular complexity index is 1210. The second-order valence-corrected chi connectivity index (χ2v) is 10.5. The first-order chi connectivity index (χ1) is 17.3. The molecule has 11 nitrogen and oxygen atoms in total. The number of likely N-dealkylation sites (tertiary alicyclic amines) is 1. The maximum Gasteiger partial charge on any atom is 0.321 e. The zero-order chi connectivity index (χ0) is 25.3. The molecule has 4 amide bonds. The van der Waals surface area contributed by atoms with E-state index in [0.29, 0.717) is 50.3 Å². The van der Waals surface area contributed by atoms with Crippen LogP contribution in [-0.2, 0) is 4.79 Å². The molecule has 3 aliphatic rings. The molecule has 12 heteroatoms. The lowest BCUT2D eigenvalue weighted by molar-refractivity contribution is -0.115. The molecule has 5 rings (SSSR count). The Hall–Kier alpha value is -3.64. The number of nitrogens with zero attached hydrogens (tertiary/aromatic N) is 5. The van der Waals surface area contributed by atoms with Crippen molar-refractivity contribution in [1.82, 2.24) is 25.1 Å². The molecule has 2 N–H and O–H groups in total. The molecule has 1 aromatic heterocycles. The van der Waals surface area contributed by atoms with Crippen LogP contribution in [0, 0.1) is 5.41 Å². The van der Waals surface area contributed by atoms with Crippen molar-refractivity contribution in [1.29, 1.82) is 0 Å². The molecule has 0 bridgehead atoms. The van der Waals surface area contributed by atoms with E-state index in [-0.39, 0.29) is 16.4 Å². The number of amides is 4. The number of hydrogen-bond acceptors (Lipinski definition) is 9. The third-order valence-electron chi connectivity index (χ3n) is 6.12. The number of carbonyl (C=O) groups excluding carboxylic acids is 3. The number of rotatable bonds is 7. The van der Waals surface area contributed by atoms with Crippen LogP contribution in [0.1, 0.15) is 5.69 Å². The number of carbonyl (C=O) groups is 3. The van der Waals surface area contributed by atoms with Crippen molar-refractivity contribution in [2.45, 2.75) is 0 Å². The highest BCUT2D eigenvalue weighted by atomic mass is 32.2. The van der Waals surface area contributed by atoms with E-state index in [0.717, 1.165) is 24.0 Å². The predicted molar refractivity (Wildman–Crippen MR) is 137 cm³/mol. The highest BCUT2D eigenvalue weighted by Crippen LogP contribution is 2.41. The summed E-state index contributed by atoms with van der Waals surface area (Å²) in [7, 11) is 3.91. The van der Waals surface area contributed by atoms with Crippen molar-refractivity contribution in [2.75, 3.05) is 63.6 Å². The van der Waals surface area contributed by atoms with Crippen LogP contribution in [0.2, 0.25) is 0 Å². The van der Waals surface area contributed by atoms with Crippen molar-refractivity contribution in [3.05, 3.63) is 47.0 Å². The number of aromatic nitrogens is 2. The number of para-hydroxylation sites is 1. The van der Waals surface area contributed by atoms with Crippen LogP contribution in [0.5, 0.6) is 5.88 Å². The van der Waals surface area contributed by atoms with Crippen LogP contribution < -0.4 is 20.3 Å². The number of nitrogens with one attached hydrogen (secondary N) is 2. The third kappa shape index (κ3) is 5.29. The van der Waals surface area contributed by atoms with Gasteiger partial charge in [-0.25, -0.2) is 9.78 Å². The van der Waals surface area contributed by atoms with Gasteiger partial charge >= 0.3 is 6.03 Å². The van der Waals surface area contributed by atoms with Gasteiger partial charge in [-0.3, -0.25) is 14.9 Å². The van der Waals surface area contributed by atoms with Gasteiger partial charge in [-0.1, -0.05) is 18.2 Å². The fourth-order valence-corrected chi connectivity index (χ4v) is 5.01. The Kier molecular flexibility index (Phi) is 6.54. The molecule has 36 heavy (non-hydrogen) atoms. The van der Waals surface area contributed by atoms with Crippen molar-refractivity contribution in [2.24, 2.45) is 5.41 Å². The molecule has 0 aliphatic carbocycles. The zero-order valence-electron chi connectivity index (χ0n) is 20.1. The fourth-order valence-electron chi connectivity index (χ4n) is 4.34. The molecule has 0 atom stereocenters. The van der Waals surface area contributed by atoms with Crippen LogP contribution >= 0.6 is 11.8 Å². The molecule has 0 unspecified atom stereocenters. The van der Waals surface area contributed by atoms with E-state index in [2.05, 4.69) is 20.6 Å². The van der Waals surface area contributed by atoms with E-state index in [9.17, 15) is 14.4 Å². The second-order valence-electron chi connectivity index (χ2n) is 9.44. The summed E-state index contributed by atoms with van der Waals surface area (Å²) in [6, 6.07) is 11.0. The summed E-state index contributed by atoms with van der Waals surface area (Å²) in [6.07, 6.45) is 1.57. The zero-order valence-corrected chi connectivity index (χ0v) is 20.9. The monoisotopic (exact) mass is 509 g/mol. The molecule has 1 aromatic carbocycles. The van der Waals surface area contributed by atoms with Crippen LogP contribution in [-0.4, -0.2) is 90.4 Å². The quantitative estimate of drug-likeness (QED) is 0.541. The Balaban J connectivity index is 1.24. The number of imide groups is 1. The molecule has 0 saturated carbocycles. The number of ether oxygens (including phenoxy) is 1. The number of anilines is 2. The minimum Gasteiger partial charge on any atom is -0.476 e. The van der Waals surface area contributed by atoms with Crippen LogP contribution in [0.3, 0.4) is 0 Å². The second kappa shape index (κ2) is 9.78. The first kappa shape index (κ1) is 24.1. The van der Waals surface area contributed by atoms with E-state index in [4.69, 9.17) is 4.74 Å². The number of benzene rings is 1. The molecule has 1 spiro atoms. The van der Waals surface area contributed by atoms with Gasteiger partial charge in [0.25, 0.3) is 11.1 Å². The van der Waals surface area contributed by atoms with Crippen molar-refractivity contribution < 1.29 is 19.1 Å². The van der Waals surface area contributed by atoms with Gasteiger partial charge in [-0.2, -0.15) is 4.98 Å². The van der Waals surface area contributed by atoms with Gasteiger partial charge in [-0.15, -0.1) is 0 Å². The van der Waals surface area contributed by atoms with E-state index in [1.54, 1.807) is 17.0 Å². The Morgan fingerprint density at radius 2 is 1.94 bits per heavy atom. The van der Waals surface area contributed by atoms with E-state index in [1.807, 2.05) is 54.2 Å². The van der Waals surface area contributed by atoms with E-state index in [1.165, 1.54) is 0 Å². The van der Waals surface area contributed by atoms with Gasteiger partial charge in [0.2, 0.25) is 11.8 Å². The molecule has 3 saturated heterocycles. The normalized spacial score (nSPS) is 19.4. The highest BCUT2D eigenvalue weighted by molar-refractivity contribution is 8.18. The average molecular weight is 510 g/mol. The minimum atomic E-state index is -0.438. The molecule has 0 radical (unpaired) electrons. The van der Waals surface area contributed by atoms with Crippen LogP contribution in [0.25, 0.3) is 6.08 Å². The summed E-state index contributed by atoms with van der Waals surface area (Å²) in [5.74, 6) is 0.463. The molecule has 2 aromatic rings. The number of hydrogen-bond donors (Lipinski definition) is 2. The van der Waals surface area contributed by atoms with Gasteiger partial charge in [0.1, 0.15) is 6.61 Å². The summed E-state index contributed by atoms with van der Waals surface area (Å²) in [6.45, 7) is 3.92. The lowest BCUT2D eigenvalue weighted by Crippen LogP contribution is -2.73. The number of thioether (sulfide) groups is 1. The predicted octanol–water partition coefficient (Wildman–Crippen LogP) is 2.09. The first-order valence-corrected chi connectivity index (χ1v) is 12.4. The lowest BCUT2D eigenvalue weighted by atomic mass is 9.73. The standard InChI is InChI=1S/C24H27N7O4S/c1-29(2)8-9-35-19-11-17(10-18-20(32)28-23(34)36-18)25-21(27-19)30-12-24(13-30)14-31(15-24)22(33)26-16-6-4-3-5-7-16/h3-7,10-11H,8-9,12-15H2,1-2H3,(H,26,33)(H,28,32,34)/b18-10+. The summed E-state index contributed by atoms with van der Waals surface area (Å²) in [5, 5.41) is 4.77. The van der Waals surface area contributed by atoms with Gasteiger partial charge in [0, 0.05) is 49.9 Å². The van der Waals surface area contributed by atoms with E-state index < -0.39 is 11.1 Å². The Labute approximate surface area is 212 Å². The van der Waals surface area contributed by atoms with Gasteiger partial charge in [0.15, 0.2) is 0 Å². The summed E-state index contributed by atoms with van der Waals surface area (Å²) < 4.78 is 5.84. The van der Waals surface area contributed by atoms with Crippen molar-refractivity contribution >= 4 is 46.7 Å².